The predicted molar refractivity (Wildman–Crippen MR) is 83.1 cm³/mol. The highest BCUT2D eigenvalue weighted by molar-refractivity contribution is 5.30. The van der Waals surface area contributed by atoms with E-state index in [1.807, 2.05) is 0 Å². The standard InChI is InChI=1S/C16H28N4/c1-17-16-5-3-4-14-12-20(13-15(14)16)11-10-19-8-6-18(2)7-9-19/h12-13,16-17H,3-11H2,1-2H3. The van der Waals surface area contributed by atoms with Gasteiger partial charge in [-0.2, -0.15) is 0 Å². The molecule has 0 bridgehead atoms. The Balaban J connectivity index is 1.57. The summed E-state index contributed by atoms with van der Waals surface area (Å²) >= 11 is 0. The van der Waals surface area contributed by atoms with Gasteiger partial charge in [-0.25, -0.2) is 0 Å². The summed E-state index contributed by atoms with van der Waals surface area (Å²) in [6, 6.07) is 0.573. The summed E-state index contributed by atoms with van der Waals surface area (Å²) in [6.07, 6.45) is 8.63. The third kappa shape index (κ3) is 3.08. The van der Waals surface area contributed by atoms with Gasteiger partial charge < -0.3 is 14.8 Å². The first-order valence-electron chi connectivity index (χ1n) is 8.03. The molecule has 1 aromatic rings. The Morgan fingerprint density at radius 2 is 1.95 bits per heavy atom. The minimum atomic E-state index is 0.573. The second-order valence-corrected chi connectivity index (χ2v) is 6.36. The quantitative estimate of drug-likeness (QED) is 0.897. The van der Waals surface area contributed by atoms with Gasteiger partial charge in [-0.05, 0) is 44.5 Å². The monoisotopic (exact) mass is 276 g/mol. The molecule has 1 saturated heterocycles. The Kier molecular flexibility index (Phi) is 4.44. The molecule has 2 aliphatic rings. The molecule has 1 N–H and O–H groups in total. The zero-order valence-corrected chi connectivity index (χ0v) is 12.9. The van der Waals surface area contributed by atoms with Gasteiger partial charge in [0.2, 0.25) is 0 Å². The van der Waals surface area contributed by atoms with E-state index in [0.717, 1.165) is 6.54 Å². The van der Waals surface area contributed by atoms with E-state index in [1.165, 1.54) is 57.5 Å². The van der Waals surface area contributed by atoms with Gasteiger partial charge in [-0.1, -0.05) is 0 Å². The van der Waals surface area contributed by atoms with Crippen molar-refractivity contribution in [3.8, 4) is 0 Å². The average molecular weight is 276 g/mol. The van der Waals surface area contributed by atoms with Crippen LogP contribution in [0.5, 0.6) is 0 Å². The van der Waals surface area contributed by atoms with Gasteiger partial charge in [0.05, 0.1) is 0 Å². The van der Waals surface area contributed by atoms with E-state index in [9.17, 15) is 0 Å². The summed E-state index contributed by atoms with van der Waals surface area (Å²) in [7, 11) is 4.30. The maximum Gasteiger partial charge on any atom is 0.0347 e. The average Bonchev–Trinajstić information content (AvgIpc) is 2.89. The molecule has 4 heteroatoms. The molecule has 0 saturated carbocycles. The summed E-state index contributed by atoms with van der Waals surface area (Å²) in [6.45, 7) is 7.18. The number of aromatic nitrogens is 1. The lowest BCUT2D eigenvalue weighted by Crippen LogP contribution is -2.45. The van der Waals surface area contributed by atoms with Gasteiger partial charge in [0, 0.05) is 57.7 Å². The highest BCUT2D eigenvalue weighted by Gasteiger charge is 2.20. The normalized spacial score (nSPS) is 24.8. The molecular formula is C16H28N4. The maximum atomic E-state index is 3.45. The third-order valence-electron chi connectivity index (χ3n) is 4.93. The lowest BCUT2D eigenvalue weighted by atomic mass is 9.91. The molecule has 112 valence electrons. The van der Waals surface area contributed by atoms with Crippen molar-refractivity contribution >= 4 is 0 Å². The van der Waals surface area contributed by atoms with Crippen LogP contribution in [0.1, 0.15) is 30.0 Å². The number of nitrogens with zero attached hydrogens (tertiary/aromatic N) is 3. The Bertz CT molecular complexity index is 432. The Labute approximate surface area is 122 Å². The fourth-order valence-corrected chi connectivity index (χ4v) is 3.51. The summed E-state index contributed by atoms with van der Waals surface area (Å²) in [4.78, 5) is 5.01. The molecule has 1 aliphatic carbocycles. The zero-order chi connectivity index (χ0) is 13.9. The van der Waals surface area contributed by atoms with Crippen LogP contribution in [0.15, 0.2) is 12.4 Å². The first-order chi connectivity index (χ1) is 9.76. The SMILES string of the molecule is CNC1CCCc2cn(CCN3CCN(C)CC3)cc21. The van der Waals surface area contributed by atoms with Gasteiger partial charge >= 0.3 is 0 Å². The van der Waals surface area contributed by atoms with E-state index < -0.39 is 0 Å². The Hall–Kier alpha value is -0.840. The molecule has 20 heavy (non-hydrogen) atoms. The molecule has 0 aromatic carbocycles. The molecule has 1 unspecified atom stereocenters. The first kappa shape index (κ1) is 14.1. The summed E-state index contributed by atoms with van der Waals surface area (Å²) in [5.74, 6) is 0. The lowest BCUT2D eigenvalue weighted by molar-refractivity contribution is 0.150. The molecule has 0 amide bonds. The largest absolute Gasteiger partial charge is 0.352 e. The predicted octanol–water partition coefficient (Wildman–Crippen LogP) is 1.33. The van der Waals surface area contributed by atoms with Crippen molar-refractivity contribution < 1.29 is 0 Å². The van der Waals surface area contributed by atoms with Crippen LogP contribution in [0.25, 0.3) is 0 Å². The lowest BCUT2D eigenvalue weighted by Gasteiger charge is -2.32. The molecule has 0 radical (unpaired) electrons. The number of rotatable bonds is 4. The van der Waals surface area contributed by atoms with E-state index in [2.05, 4.69) is 46.2 Å². The minimum absolute atomic E-state index is 0.573. The highest BCUT2D eigenvalue weighted by atomic mass is 15.2. The molecule has 4 nitrogen and oxygen atoms in total. The molecule has 1 aliphatic heterocycles. The number of likely N-dealkylation sites (N-methyl/N-ethyl adjacent to an activating group) is 1. The van der Waals surface area contributed by atoms with Gasteiger partial charge in [0.1, 0.15) is 0 Å². The number of piperazine rings is 1. The molecule has 2 heterocycles. The van der Waals surface area contributed by atoms with Crippen LogP contribution in [-0.4, -0.2) is 61.2 Å². The van der Waals surface area contributed by atoms with Crippen LogP contribution in [0, 0.1) is 0 Å². The number of hydrogen-bond donors (Lipinski definition) is 1. The Morgan fingerprint density at radius 1 is 1.15 bits per heavy atom. The van der Waals surface area contributed by atoms with E-state index in [1.54, 1.807) is 5.56 Å². The summed E-state index contributed by atoms with van der Waals surface area (Å²) < 4.78 is 2.42. The van der Waals surface area contributed by atoms with Crippen molar-refractivity contribution in [2.45, 2.75) is 31.8 Å². The van der Waals surface area contributed by atoms with Gasteiger partial charge in [0.25, 0.3) is 0 Å². The zero-order valence-electron chi connectivity index (χ0n) is 12.9. The second kappa shape index (κ2) is 6.29. The summed E-state index contributed by atoms with van der Waals surface area (Å²) in [5.41, 5.74) is 3.10. The third-order valence-corrected chi connectivity index (χ3v) is 4.93. The fraction of sp³-hybridized carbons (Fsp3) is 0.750. The highest BCUT2D eigenvalue weighted by Crippen LogP contribution is 2.30. The number of fused-ring (bicyclic) bond motifs is 1. The van der Waals surface area contributed by atoms with E-state index in [4.69, 9.17) is 0 Å². The summed E-state index contributed by atoms with van der Waals surface area (Å²) in [5, 5.41) is 3.45. The first-order valence-corrected chi connectivity index (χ1v) is 8.03. The van der Waals surface area contributed by atoms with E-state index in [-0.39, 0.29) is 0 Å². The van der Waals surface area contributed by atoms with Crippen molar-refractivity contribution in [2.24, 2.45) is 0 Å². The van der Waals surface area contributed by atoms with Crippen molar-refractivity contribution in [1.29, 1.82) is 0 Å². The maximum absolute atomic E-state index is 3.45. The number of hydrogen-bond acceptors (Lipinski definition) is 3. The molecular weight excluding hydrogens is 248 g/mol. The number of nitrogens with one attached hydrogen (secondary N) is 1. The van der Waals surface area contributed by atoms with Crippen LogP contribution in [-0.2, 0) is 13.0 Å². The van der Waals surface area contributed by atoms with Gasteiger partial charge in [-0.3, -0.25) is 4.90 Å². The fourth-order valence-electron chi connectivity index (χ4n) is 3.51. The molecule has 1 atom stereocenters. The Morgan fingerprint density at radius 3 is 2.70 bits per heavy atom. The van der Waals surface area contributed by atoms with Crippen molar-refractivity contribution in [1.82, 2.24) is 19.7 Å². The molecule has 1 fully saturated rings. The van der Waals surface area contributed by atoms with Crippen LogP contribution < -0.4 is 5.32 Å². The number of aryl methyl sites for hydroxylation is 1. The smallest absolute Gasteiger partial charge is 0.0347 e. The molecule has 3 rings (SSSR count). The van der Waals surface area contributed by atoms with Crippen molar-refractivity contribution in [2.75, 3.05) is 46.8 Å². The van der Waals surface area contributed by atoms with Crippen LogP contribution in [0.4, 0.5) is 0 Å². The minimum Gasteiger partial charge on any atom is -0.352 e. The van der Waals surface area contributed by atoms with Crippen molar-refractivity contribution in [3.05, 3.63) is 23.5 Å². The molecule has 1 aromatic heterocycles. The second-order valence-electron chi connectivity index (χ2n) is 6.36. The van der Waals surface area contributed by atoms with E-state index >= 15 is 0 Å². The van der Waals surface area contributed by atoms with Crippen molar-refractivity contribution in [3.63, 3.8) is 0 Å². The molecule has 0 spiro atoms. The van der Waals surface area contributed by atoms with Gasteiger partial charge in [0.15, 0.2) is 0 Å². The van der Waals surface area contributed by atoms with Gasteiger partial charge in [-0.15, -0.1) is 0 Å². The van der Waals surface area contributed by atoms with Crippen LogP contribution in [0.2, 0.25) is 0 Å². The topological polar surface area (TPSA) is 23.4 Å². The van der Waals surface area contributed by atoms with Crippen LogP contribution >= 0.6 is 0 Å². The van der Waals surface area contributed by atoms with E-state index in [0.29, 0.717) is 6.04 Å². The van der Waals surface area contributed by atoms with Crippen LogP contribution in [0.3, 0.4) is 0 Å².